The number of esters is 1. The lowest BCUT2D eigenvalue weighted by molar-refractivity contribution is -0.165. The fraction of sp³-hybridized carbons (Fsp3) is 0.483. The summed E-state index contributed by atoms with van der Waals surface area (Å²) in [6.45, 7) is 5.78. The lowest BCUT2D eigenvalue weighted by Gasteiger charge is -2.58. The van der Waals surface area contributed by atoms with Crippen LogP contribution in [0.5, 0.6) is 0 Å². The number of aromatic amines is 1. The fourth-order valence-corrected chi connectivity index (χ4v) is 7.23. The van der Waals surface area contributed by atoms with Crippen molar-refractivity contribution >= 4 is 16.9 Å². The van der Waals surface area contributed by atoms with Crippen molar-refractivity contribution < 1.29 is 14.3 Å². The Morgan fingerprint density at radius 3 is 2.82 bits per heavy atom. The van der Waals surface area contributed by atoms with Crippen molar-refractivity contribution in [1.29, 1.82) is 0 Å². The number of aromatic nitrogens is 1. The summed E-state index contributed by atoms with van der Waals surface area (Å²) in [5.41, 5.74) is 4.16. The van der Waals surface area contributed by atoms with Crippen molar-refractivity contribution in [2.75, 3.05) is 26.3 Å². The first-order chi connectivity index (χ1) is 16.7. The van der Waals surface area contributed by atoms with Crippen molar-refractivity contribution in [1.82, 2.24) is 9.88 Å². The third kappa shape index (κ3) is 3.48. The van der Waals surface area contributed by atoms with Crippen LogP contribution in [0, 0.1) is 11.8 Å². The van der Waals surface area contributed by atoms with E-state index < -0.39 is 5.41 Å². The molecule has 1 aliphatic carbocycles. The normalized spacial score (nSPS) is 29.6. The van der Waals surface area contributed by atoms with E-state index in [1.807, 2.05) is 13.0 Å². The maximum absolute atomic E-state index is 13.9. The van der Waals surface area contributed by atoms with E-state index >= 15 is 0 Å². The molecular formula is C29H34N2O3. The molecule has 1 aromatic heterocycles. The highest BCUT2D eigenvalue weighted by molar-refractivity contribution is 5.91. The number of nitrogens with one attached hydrogen (secondary N) is 1. The van der Waals surface area contributed by atoms with Gasteiger partial charge in [0.15, 0.2) is 0 Å². The third-order valence-electron chi connectivity index (χ3n) is 8.38. The molecule has 5 heteroatoms. The summed E-state index contributed by atoms with van der Waals surface area (Å²) in [6.07, 6.45) is 4.00. The van der Waals surface area contributed by atoms with Crippen LogP contribution >= 0.6 is 0 Å². The molecule has 3 aromatic rings. The van der Waals surface area contributed by atoms with Crippen molar-refractivity contribution in [2.45, 2.75) is 50.7 Å². The second-order valence-electron chi connectivity index (χ2n) is 10.3. The summed E-state index contributed by atoms with van der Waals surface area (Å²) in [7, 11) is 0. The van der Waals surface area contributed by atoms with E-state index in [2.05, 4.69) is 58.4 Å². The molecular weight excluding hydrogens is 424 g/mol. The standard InChI is InChI=1S/C29H34N2O3/c1-2-34-28(32)29-17-21-16-22(13-15-33-19-20-8-4-3-5-9-20)27(29)31(18-21)14-12-24-23-10-6-7-11-25(23)30-26(24)29/h3-11,21-22,27,30H,2,12-19H2,1H3. The minimum atomic E-state index is -0.619. The molecule has 5 unspecified atom stereocenters. The molecule has 4 bridgehead atoms. The summed E-state index contributed by atoms with van der Waals surface area (Å²) >= 11 is 0. The number of fused-ring (bicyclic) bond motifs is 4. The molecule has 0 amide bonds. The van der Waals surface area contributed by atoms with Crippen LogP contribution in [0.2, 0.25) is 0 Å². The Bertz CT molecular complexity index is 1170. The van der Waals surface area contributed by atoms with E-state index in [4.69, 9.17) is 9.47 Å². The van der Waals surface area contributed by atoms with E-state index in [1.54, 1.807) is 0 Å². The Morgan fingerprint density at radius 1 is 1.15 bits per heavy atom. The van der Waals surface area contributed by atoms with Crippen molar-refractivity contribution in [2.24, 2.45) is 11.8 Å². The van der Waals surface area contributed by atoms with Crippen LogP contribution in [-0.4, -0.2) is 48.2 Å². The SMILES string of the molecule is CCOC(=O)C12CC3CC(CCOCc4ccccc4)C1N(CCc1c2[nH]c2ccccc12)C3. The zero-order valence-electron chi connectivity index (χ0n) is 20.0. The number of carbonyl (C=O) groups excluding carboxylic acids is 1. The summed E-state index contributed by atoms with van der Waals surface area (Å²) < 4.78 is 11.9. The molecule has 7 rings (SSSR count). The molecule has 1 N–H and O–H groups in total. The number of hydrogen-bond donors (Lipinski definition) is 1. The molecule has 2 saturated heterocycles. The van der Waals surface area contributed by atoms with Gasteiger partial charge in [-0.3, -0.25) is 9.69 Å². The van der Waals surface area contributed by atoms with Crippen LogP contribution in [0.4, 0.5) is 0 Å². The first-order valence-electron chi connectivity index (χ1n) is 12.8. The fourth-order valence-electron chi connectivity index (χ4n) is 7.23. The van der Waals surface area contributed by atoms with Gasteiger partial charge in [-0.2, -0.15) is 0 Å². The first-order valence-corrected chi connectivity index (χ1v) is 12.8. The Kier molecular flexibility index (Phi) is 5.70. The molecule has 34 heavy (non-hydrogen) atoms. The van der Waals surface area contributed by atoms with Gasteiger partial charge in [0.05, 0.1) is 13.2 Å². The highest BCUT2D eigenvalue weighted by atomic mass is 16.5. The lowest BCUT2D eigenvalue weighted by atomic mass is 9.56. The van der Waals surface area contributed by atoms with Gasteiger partial charge in [0.2, 0.25) is 0 Å². The largest absolute Gasteiger partial charge is 0.465 e. The molecule has 1 saturated carbocycles. The number of benzene rings is 2. The third-order valence-corrected chi connectivity index (χ3v) is 8.38. The number of hydrogen-bond acceptors (Lipinski definition) is 4. The zero-order valence-corrected chi connectivity index (χ0v) is 20.0. The molecule has 4 aliphatic rings. The molecule has 5 atom stereocenters. The monoisotopic (exact) mass is 458 g/mol. The smallest absolute Gasteiger partial charge is 0.319 e. The van der Waals surface area contributed by atoms with Gasteiger partial charge in [0.1, 0.15) is 5.41 Å². The van der Waals surface area contributed by atoms with E-state index in [-0.39, 0.29) is 12.0 Å². The number of carbonyl (C=O) groups is 1. The van der Waals surface area contributed by atoms with Gasteiger partial charge in [0.25, 0.3) is 0 Å². The molecule has 0 radical (unpaired) electrons. The highest BCUT2D eigenvalue weighted by Crippen LogP contribution is 2.55. The predicted molar refractivity (Wildman–Crippen MR) is 133 cm³/mol. The van der Waals surface area contributed by atoms with Gasteiger partial charge >= 0.3 is 5.97 Å². The van der Waals surface area contributed by atoms with Gasteiger partial charge in [-0.25, -0.2) is 0 Å². The van der Waals surface area contributed by atoms with Gasteiger partial charge in [-0.15, -0.1) is 0 Å². The molecule has 0 spiro atoms. The average molecular weight is 459 g/mol. The molecule has 3 aliphatic heterocycles. The molecule has 3 fully saturated rings. The van der Waals surface area contributed by atoms with Crippen LogP contribution in [0.25, 0.3) is 10.9 Å². The Balaban J connectivity index is 1.33. The average Bonchev–Trinajstić information content (AvgIpc) is 3.20. The zero-order chi connectivity index (χ0) is 23.1. The molecule has 4 heterocycles. The predicted octanol–water partition coefficient (Wildman–Crippen LogP) is 4.84. The number of piperidine rings is 2. The van der Waals surface area contributed by atoms with Gasteiger partial charge < -0.3 is 14.5 Å². The summed E-state index contributed by atoms with van der Waals surface area (Å²) in [5, 5.41) is 1.26. The topological polar surface area (TPSA) is 54.6 Å². The van der Waals surface area contributed by atoms with Gasteiger partial charge in [0, 0.05) is 42.3 Å². The number of rotatable bonds is 7. The summed E-state index contributed by atoms with van der Waals surface area (Å²) in [4.78, 5) is 20.2. The molecule has 178 valence electrons. The van der Waals surface area contributed by atoms with Crippen LogP contribution < -0.4 is 0 Å². The first kappa shape index (κ1) is 21.9. The number of H-pyrrole nitrogens is 1. The van der Waals surface area contributed by atoms with Gasteiger partial charge in [-0.1, -0.05) is 48.5 Å². The van der Waals surface area contributed by atoms with E-state index in [0.717, 1.165) is 50.2 Å². The Hall–Kier alpha value is -2.63. The molecule has 5 nitrogen and oxygen atoms in total. The quantitative estimate of drug-likeness (QED) is 0.407. The molecule has 2 aromatic carbocycles. The second kappa shape index (κ2) is 8.86. The Labute approximate surface area is 201 Å². The van der Waals surface area contributed by atoms with Crippen molar-refractivity contribution in [3.05, 3.63) is 71.4 Å². The highest BCUT2D eigenvalue weighted by Gasteiger charge is 2.63. The van der Waals surface area contributed by atoms with Crippen LogP contribution in [0.3, 0.4) is 0 Å². The summed E-state index contributed by atoms with van der Waals surface area (Å²) in [5.74, 6) is 0.884. The maximum Gasteiger partial charge on any atom is 0.319 e. The van der Waals surface area contributed by atoms with Crippen LogP contribution in [0.1, 0.15) is 43.0 Å². The van der Waals surface area contributed by atoms with E-state index in [1.165, 1.54) is 22.9 Å². The number of ether oxygens (including phenoxy) is 2. The van der Waals surface area contributed by atoms with Crippen LogP contribution in [0.15, 0.2) is 54.6 Å². The number of para-hydroxylation sites is 1. The van der Waals surface area contributed by atoms with Gasteiger partial charge in [-0.05, 0) is 61.6 Å². The second-order valence-corrected chi connectivity index (χ2v) is 10.3. The number of nitrogens with zero attached hydrogens (tertiary/aromatic N) is 1. The van der Waals surface area contributed by atoms with Crippen molar-refractivity contribution in [3.8, 4) is 0 Å². The van der Waals surface area contributed by atoms with E-state index in [0.29, 0.717) is 25.0 Å². The van der Waals surface area contributed by atoms with Crippen LogP contribution in [-0.2, 0) is 32.7 Å². The minimum Gasteiger partial charge on any atom is -0.465 e. The van der Waals surface area contributed by atoms with E-state index in [9.17, 15) is 4.79 Å². The lowest BCUT2D eigenvalue weighted by Crippen LogP contribution is -2.67. The summed E-state index contributed by atoms with van der Waals surface area (Å²) in [6, 6.07) is 19.0. The maximum atomic E-state index is 13.9. The Morgan fingerprint density at radius 2 is 1.97 bits per heavy atom. The minimum absolute atomic E-state index is 0.0423. The van der Waals surface area contributed by atoms with Crippen molar-refractivity contribution in [3.63, 3.8) is 0 Å².